The van der Waals surface area contributed by atoms with E-state index in [9.17, 15) is 5.11 Å². The van der Waals surface area contributed by atoms with Gasteiger partial charge in [0.05, 0.1) is 6.10 Å². The Hall–Kier alpha value is -1.09. The first-order valence-electron chi connectivity index (χ1n) is 8.08. The lowest BCUT2D eigenvalue weighted by atomic mass is 9.96. The number of hydrogen-bond acceptors (Lipinski definition) is 2. The zero-order valence-electron chi connectivity index (χ0n) is 13.8. The molecule has 0 aliphatic rings. The SMILES string of the molecule is CCCN(CCC)C(C)C(O)c1cccc2ccccc12.Cl. The van der Waals surface area contributed by atoms with Crippen molar-refractivity contribution in [3.63, 3.8) is 0 Å². The maximum atomic E-state index is 10.9. The van der Waals surface area contributed by atoms with Gasteiger partial charge in [-0.3, -0.25) is 4.90 Å². The summed E-state index contributed by atoms with van der Waals surface area (Å²) in [5.74, 6) is 0. The van der Waals surface area contributed by atoms with E-state index >= 15 is 0 Å². The zero-order chi connectivity index (χ0) is 15.2. The van der Waals surface area contributed by atoms with E-state index in [1.807, 2.05) is 18.2 Å². The van der Waals surface area contributed by atoms with Crippen molar-refractivity contribution in [1.82, 2.24) is 4.90 Å². The van der Waals surface area contributed by atoms with Crippen LogP contribution in [-0.2, 0) is 0 Å². The van der Waals surface area contributed by atoms with E-state index in [1.54, 1.807) is 0 Å². The van der Waals surface area contributed by atoms with Gasteiger partial charge in [0.2, 0.25) is 0 Å². The molecule has 1 N–H and O–H groups in total. The summed E-state index contributed by atoms with van der Waals surface area (Å²) in [5, 5.41) is 13.2. The summed E-state index contributed by atoms with van der Waals surface area (Å²) >= 11 is 0. The van der Waals surface area contributed by atoms with Crippen molar-refractivity contribution in [3.8, 4) is 0 Å². The Balaban J connectivity index is 0.00000242. The Morgan fingerprint density at radius 1 is 0.955 bits per heavy atom. The summed E-state index contributed by atoms with van der Waals surface area (Å²) in [6.45, 7) is 8.60. The van der Waals surface area contributed by atoms with Crippen molar-refractivity contribution >= 4 is 23.2 Å². The van der Waals surface area contributed by atoms with Crippen LogP contribution in [0.2, 0.25) is 0 Å². The van der Waals surface area contributed by atoms with Gasteiger partial charge in [0.25, 0.3) is 0 Å². The number of nitrogens with zero attached hydrogens (tertiary/aromatic N) is 1. The lowest BCUT2D eigenvalue weighted by molar-refractivity contribution is 0.0586. The van der Waals surface area contributed by atoms with Gasteiger partial charge in [0.15, 0.2) is 0 Å². The molecule has 0 aliphatic carbocycles. The van der Waals surface area contributed by atoms with Crippen LogP contribution < -0.4 is 0 Å². The van der Waals surface area contributed by atoms with Crippen molar-refractivity contribution < 1.29 is 5.11 Å². The first-order valence-corrected chi connectivity index (χ1v) is 8.08. The maximum Gasteiger partial charge on any atom is 0.0948 e. The minimum atomic E-state index is -0.450. The molecule has 0 radical (unpaired) electrons. The van der Waals surface area contributed by atoms with Crippen molar-refractivity contribution in [3.05, 3.63) is 48.0 Å². The predicted molar refractivity (Wildman–Crippen MR) is 97.8 cm³/mol. The standard InChI is InChI=1S/C19H27NO.ClH/c1-4-13-20(14-5-2)15(3)19(21)18-12-8-10-16-9-6-7-11-17(16)18;/h6-12,15,19,21H,4-5,13-14H2,1-3H3;1H. The van der Waals surface area contributed by atoms with E-state index in [0.717, 1.165) is 36.9 Å². The van der Waals surface area contributed by atoms with E-state index in [1.165, 1.54) is 5.39 Å². The van der Waals surface area contributed by atoms with E-state index < -0.39 is 6.10 Å². The largest absolute Gasteiger partial charge is 0.387 e. The molecule has 3 heteroatoms. The number of aliphatic hydroxyl groups excluding tert-OH is 1. The third-order valence-electron chi connectivity index (χ3n) is 4.20. The average molecular weight is 322 g/mol. The molecule has 2 unspecified atom stereocenters. The van der Waals surface area contributed by atoms with E-state index in [-0.39, 0.29) is 18.4 Å². The van der Waals surface area contributed by atoms with Gasteiger partial charge < -0.3 is 5.11 Å². The summed E-state index contributed by atoms with van der Waals surface area (Å²) in [4.78, 5) is 2.40. The summed E-state index contributed by atoms with van der Waals surface area (Å²) in [6.07, 6.45) is 1.79. The van der Waals surface area contributed by atoms with Crippen LogP contribution in [0.5, 0.6) is 0 Å². The quantitative estimate of drug-likeness (QED) is 0.791. The highest BCUT2D eigenvalue weighted by Crippen LogP contribution is 2.28. The fourth-order valence-electron chi connectivity index (χ4n) is 3.06. The minimum absolute atomic E-state index is 0. The molecule has 0 amide bonds. The van der Waals surface area contributed by atoms with Crippen LogP contribution >= 0.6 is 12.4 Å². The molecule has 0 fully saturated rings. The molecular weight excluding hydrogens is 294 g/mol. The highest BCUT2D eigenvalue weighted by molar-refractivity contribution is 5.86. The minimum Gasteiger partial charge on any atom is -0.387 e. The van der Waals surface area contributed by atoms with Crippen molar-refractivity contribution in [2.45, 2.75) is 45.8 Å². The molecule has 2 nitrogen and oxygen atoms in total. The number of aliphatic hydroxyl groups is 1. The molecular formula is C19H28ClNO. The molecule has 0 saturated carbocycles. The van der Waals surface area contributed by atoms with Gasteiger partial charge in [-0.25, -0.2) is 0 Å². The highest BCUT2D eigenvalue weighted by Gasteiger charge is 2.23. The maximum absolute atomic E-state index is 10.9. The molecule has 22 heavy (non-hydrogen) atoms. The molecule has 2 aromatic carbocycles. The molecule has 2 aromatic rings. The lowest BCUT2D eigenvalue weighted by Crippen LogP contribution is -2.38. The molecule has 0 aromatic heterocycles. The Bertz CT molecular complexity index is 561. The van der Waals surface area contributed by atoms with E-state index in [2.05, 4.69) is 49.9 Å². The van der Waals surface area contributed by atoms with Crippen LogP contribution in [-0.4, -0.2) is 29.1 Å². The molecule has 122 valence electrons. The summed E-state index contributed by atoms with van der Waals surface area (Å²) in [7, 11) is 0. The zero-order valence-corrected chi connectivity index (χ0v) is 14.6. The van der Waals surface area contributed by atoms with Gasteiger partial charge in [0.1, 0.15) is 0 Å². The normalized spacial score (nSPS) is 13.9. The number of halogens is 1. The topological polar surface area (TPSA) is 23.5 Å². The summed E-state index contributed by atoms with van der Waals surface area (Å²) < 4.78 is 0. The van der Waals surface area contributed by atoms with Gasteiger partial charge in [-0.05, 0) is 49.2 Å². The fraction of sp³-hybridized carbons (Fsp3) is 0.474. The Labute approximate surface area is 140 Å². The van der Waals surface area contributed by atoms with Crippen LogP contribution in [0.15, 0.2) is 42.5 Å². The second-order valence-corrected chi connectivity index (χ2v) is 5.79. The second-order valence-electron chi connectivity index (χ2n) is 5.79. The van der Waals surface area contributed by atoms with Crippen LogP contribution in [0, 0.1) is 0 Å². The number of benzene rings is 2. The molecule has 0 saturated heterocycles. The Morgan fingerprint density at radius 2 is 1.55 bits per heavy atom. The summed E-state index contributed by atoms with van der Waals surface area (Å²) in [5.41, 5.74) is 1.04. The third-order valence-corrected chi connectivity index (χ3v) is 4.20. The third kappa shape index (κ3) is 4.22. The van der Waals surface area contributed by atoms with Crippen LogP contribution in [0.3, 0.4) is 0 Å². The number of hydrogen-bond donors (Lipinski definition) is 1. The predicted octanol–water partition coefficient (Wildman–Crippen LogP) is 4.81. The lowest BCUT2D eigenvalue weighted by Gasteiger charge is -2.32. The summed E-state index contributed by atoms with van der Waals surface area (Å²) in [6, 6.07) is 14.6. The molecule has 0 bridgehead atoms. The van der Waals surface area contributed by atoms with Gasteiger partial charge in [-0.1, -0.05) is 56.3 Å². The van der Waals surface area contributed by atoms with Crippen molar-refractivity contribution in [1.29, 1.82) is 0 Å². The average Bonchev–Trinajstić information content (AvgIpc) is 2.52. The monoisotopic (exact) mass is 321 g/mol. The van der Waals surface area contributed by atoms with Crippen LogP contribution in [0.1, 0.15) is 45.3 Å². The number of rotatable bonds is 7. The van der Waals surface area contributed by atoms with Crippen molar-refractivity contribution in [2.75, 3.05) is 13.1 Å². The van der Waals surface area contributed by atoms with Gasteiger partial charge in [-0.15, -0.1) is 12.4 Å². The van der Waals surface area contributed by atoms with E-state index in [4.69, 9.17) is 0 Å². The van der Waals surface area contributed by atoms with Crippen LogP contribution in [0.25, 0.3) is 10.8 Å². The van der Waals surface area contributed by atoms with Gasteiger partial charge >= 0.3 is 0 Å². The fourth-order valence-corrected chi connectivity index (χ4v) is 3.06. The smallest absolute Gasteiger partial charge is 0.0948 e. The second kappa shape index (κ2) is 9.14. The van der Waals surface area contributed by atoms with Gasteiger partial charge in [0, 0.05) is 6.04 Å². The first-order chi connectivity index (χ1) is 10.2. The van der Waals surface area contributed by atoms with Crippen LogP contribution in [0.4, 0.5) is 0 Å². The van der Waals surface area contributed by atoms with E-state index in [0.29, 0.717) is 0 Å². The first kappa shape index (κ1) is 19.0. The molecule has 0 aliphatic heterocycles. The Morgan fingerprint density at radius 3 is 2.18 bits per heavy atom. The number of fused-ring (bicyclic) bond motifs is 1. The van der Waals surface area contributed by atoms with Crippen molar-refractivity contribution in [2.24, 2.45) is 0 Å². The Kier molecular flexibility index (Phi) is 7.88. The molecule has 0 spiro atoms. The molecule has 2 atom stereocenters. The van der Waals surface area contributed by atoms with Gasteiger partial charge in [-0.2, -0.15) is 0 Å². The molecule has 0 heterocycles. The molecule has 2 rings (SSSR count). The highest BCUT2D eigenvalue weighted by atomic mass is 35.5.